The van der Waals surface area contributed by atoms with Crippen molar-refractivity contribution in [2.24, 2.45) is 0 Å². The lowest BCUT2D eigenvalue weighted by Crippen LogP contribution is -2.35. The van der Waals surface area contributed by atoms with Crippen LogP contribution in [0.15, 0.2) is 52.3 Å². The van der Waals surface area contributed by atoms with Crippen LogP contribution in [-0.2, 0) is 4.74 Å². The molecule has 0 fully saturated rings. The van der Waals surface area contributed by atoms with Crippen molar-refractivity contribution >= 4 is 23.4 Å². The zero-order chi connectivity index (χ0) is 18.4. The first kappa shape index (κ1) is 19.0. The molecule has 0 spiro atoms. The van der Waals surface area contributed by atoms with Gasteiger partial charge >= 0.3 is 0 Å². The van der Waals surface area contributed by atoms with Gasteiger partial charge in [-0.05, 0) is 38.1 Å². The van der Waals surface area contributed by atoms with Crippen molar-refractivity contribution < 1.29 is 14.5 Å². The highest BCUT2D eigenvalue weighted by molar-refractivity contribution is 7.99. The topological polar surface area (TPSA) is 81.5 Å². The molecule has 1 atom stereocenters. The Hall–Kier alpha value is -2.38. The summed E-state index contributed by atoms with van der Waals surface area (Å²) in [4.78, 5) is 24.6. The predicted molar refractivity (Wildman–Crippen MR) is 97.2 cm³/mol. The second-order valence-corrected chi connectivity index (χ2v) is 6.80. The minimum Gasteiger partial charge on any atom is -0.383 e. The molecule has 7 heteroatoms. The van der Waals surface area contributed by atoms with Crippen LogP contribution >= 0.6 is 11.8 Å². The number of hydrogen-bond donors (Lipinski definition) is 1. The van der Waals surface area contributed by atoms with E-state index in [0.29, 0.717) is 11.5 Å². The quantitative estimate of drug-likeness (QED) is 0.600. The number of carbonyl (C=O) groups is 1. The van der Waals surface area contributed by atoms with E-state index in [0.717, 1.165) is 10.5 Å². The molecule has 1 N–H and O–H groups in total. The number of methoxy groups -OCH3 is 1. The Morgan fingerprint density at radius 2 is 1.96 bits per heavy atom. The monoisotopic (exact) mass is 360 g/mol. The van der Waals surface area contributed by atoms with Crippen LogP contribution in [0.2, 0.25) is 0 Å². The Kier molecular flexibility index (Phi) is 6.55. The van der Waals surface area contributed by atoms with Crippen molar-refractivity contribution in [3.8, 4) is 0 Å². The van der Waals surface area contributed by atoms with Gasteiger partial charge in [0.25, 0.3) is 11.6 Å². The molecule has 1 unspecified atom stereocenters. The van der Waals surface area contributed by atoms with Crippen molar-refractivity contribution in [1.82, 2.24) is 5.32 Å². The van der Waals surface area contributed by atoms with Crippen LogP contribution in [0.1, 0.15) is 22.8 Å². The van der Waals surface area contributed by atoms with Gasteiger partial charge in [-0.2, -0.15) is 0 Å². The third-order valence-corrected chi connectivity index (χ3v) is 4.53. The molecular formula is C18H20N2O4S. The smallest absolute Gasteiger partial charge is 0.284 e. The third-order valence-electron chi connectivity index (χ3n) is 3.46. The molecule has 0 bridgehead atoms. The number of nitrogens with zero attached hydrogens (tertiary/aromatic N) is 1. The molecular weight excluding hydrogens is 340 g/mol. The van der Waals surface area contributed by atoms with E-state index in [1.807, 2.05) is 31.2 Å². The van der Waals surface area contributed by atoms with Gasteiger partial charge in [-0.3, -0.25) is 14.9 Å². The lowest BCUT2D eigenvalue weighted by molar-refractivity contribution is -0.387. The number of nitrogens with one attached hydrogen (secondary N) is 1. The Morgan fingerprint density at radius 3 is 2.56 bits per heavy atom. The average molecular weight is 360 g/mol. The van der Waals surface area contributed by atoms with Crippen molar-refractivity contribution in [3.05, 3.63) is 63.7 Å². The minimum atomic E-state index is -0.466. The number of benzene rings is 2. The van der Waals surface area contributed by atoms with Crippen LogP contribution in [0, 0.1) is 17.0 Å². The van der Waals surface area contributed by atoms with Crippen LogP contribution in [0.4, 0.5) is 5.69 Å². The van der Waals surface area contributed by atoms with Crippen molar-refractivity contribution in [2.75, 3.05) is 13.7 Å². The predicted octanol–water partition coefficient (Wildman–Crippen LogP) is 3.82. The number of rotatable bonds is 7. The Morgan fingerprint density at radius 1 is 1.28 bits per heavy atom. The van der Waals surface area contributed by atoms with Gasteiger partial charge < -0.3 is 10.1 Å². The van der Waals surface area contributed by atoms with Gasteiger partial charge in [0.05, 0.1) is 16.4 Å². The zero-order valence-electron chi connectivity index (χ0n) is 14.3. The molecule has 0 radical (unpaired) electrons. The highest BCUT2D eigenvalue weighted by Crippen LogP contribution is 2.35. The number of nitro benzene ring substituents is 1. The number of aryl methyl sites for hydroxylation is 1. The summed E-state index contributed by atoms with van der Waals surface area (Å²) in [5, 5.41) is 14.2. The number of carbonyl (C=O) groups excluding carboxylic acids is 1. The second kappa shape index (κ2) is 8.64. The summed E-state index contributed by atoms with van der Waals surface area (Å²) in [5.41, 5.74) is 1.29. The Balaban J connectivity index is 2.23. The van der Waals surface area contributed by atoms with E-state index in [2.05, 4.69) is 5.32 Å². The third kappa shape index (κ3) is 5.30. The van der Waals surface area contributed by atoms with E-state index in [9.17, 15) is 14.9 Å². The van der Waals surface area contributed by atoms with Crippen LogP contribution in [-0.4, -0.2) is 30.6 Å². The summed E-state index contributed by atoms with van der Waals surface area (Å²) in [5.74, 6) is -0.362. The second-order valence-electron chi connectivity index (χ2n) is 5.68. The van der Waals surface area contributed by atoms with Gasteiger partial charge in [-0.15, -0.1) is 0 Å². The molecule has 25 heavy (non-hydrogen) atoms. The molecule has 2 rings (SSSR count). The molecule has 0 aliphatic carbocycles. The van der Waals surface area contributed by atoms with Crippen LogP contribution in [0.5, 0.6) is 0 Å². The summed E-state index contributed by atoms with van der Waals surface area (Å²) in [6.45, 7) is 4.15. The first-order valence-corrected chi connectivity index (χ1v) is 8.55. The fourth-order valence-corrected chi connectivity index (χ4v) is 3.12. The van der Waals surface area contributed by atoms with Crippen LogP contribution in [0.3, 0.4) is 0 Å². The first-order valence-electron chi connectivity index (χ1n) is 7.73. The molecule has 0 aliphatic heterocycles. The summed E-state index contributed by atoms with van der Waals surface area (Å²) >= 11 is 1.30. The number of ether oxygens (including phenoxy) is 1. The van der Waals surface area contributed by atoms with E-state index >= 15 is 0 Å². The van der Waals surface area contributed by atoms with E-state index in [1.54, 1.807) is 26.2 Å². The maximum atomic E-state index is 12.2. The maximum absolute atomic E-state index is 12.2. The molecule has 0 saturated heterocycles. The van der Waals surface area contributed by atoms with Crippen LogP contribution < -0.4 is 5.32 Å². The van der Waals surface area contributed by atoms with E-state index < -0.39 is 4.92 Å². The Bertz CT molecular complexity index is 762. The number of nitro groups is 1. The summed E-state index contributed by atoms with van der Waals surface area (Å²) < 4.78 is 4.97. The standard InChI is InChI=1S/C18H20N2O4S/c1-12-4-7-15(8-5-12)25-17-9-6-14(10-16(17)20(22)23)18(21)19-13(2)11-24-3/h4-10,13H,11H2,1-3H3,(H,19,21). The highest BCUT2D eigenvalue weighted by atomic mass is 32.2. The summed E-state index contributed by atoms with van der Waals surface area (Å²) in [7, 11) is 1.55. The van der Waals surface area contributed by atoms with E-state index in [-0.39, 0.29) is 23.2 Å². The summed E-state index contributed by atoms with van der Waals surface area (Å²) in [6, 6.07) is 12.1. The molecule has 132 valence electrons. The number of hydrogen-bond acceptors (Lipinski definition) is 5. The fraction of sp³-hybridized carbons (Fsp3) is 0.278. The SMILES string of the molecule is COCC(C)NC(=O)c1ccc(Sc2ccc(C)cc2)c([N+](=O)[O-])c1. The minimum absolute atomic E-state index is 0.0855. The van der Waals surface area contributed by atoms with E-state index in [4.69, 9.17) is 4.74 Å². The zero-order valence-corrected chi connectivity index (χ0v) is 15.1. The first-order chi connectivity index (χ1) is 11.9. The maximum Gasteiger partial charge on any atom is 0.284 e. The van der Waals surface area contributed by atoms with Crippen molar-refractivity contribution in [2.45, 2.75) is 29.7 Å². The molecule has 2 aromatic carbocycles. The van der Waals surface area contributed by atoms with Gasteiger partial charge in [0.15, 0.2) is 0 Å². The summed E-state index contributed by atoms with van der Waals surface area (Å²) in [6.07, 6.45) is 0. The van der Waals surface area contributed by atoms with Gasteiger partial charge in [0, 0.05) is 29.7 Å². The molecule has 6 nitrogen and oxygen atoms in total. The molecule has 1 amide bonds. The molecule has 0 aliphatic rings. The highest BCUT2D eigenvalue weighted by Gasteiger charge is 2.19. The Labute approximate surface area is 150 Å². The van der Waals surface area contributed by atoms with Crippen molar-refractivity contribution in [3.63, 3.8) is 0 Å². The lowest BCUT2D eigenvalue weighted by atomic mass is 10.2. The van der Waals surface area contributed by atoms with Gasteiger partial charge in [-0.1, -0.05) is 29.5 Å². The lowest BCUT2D eigenvalue weighted by Gasteiger charge is -2.13. The van der Waals surface area contributed by atoms with Gasteiger partial charge in [0.2, 0.25) is 0 Å². The van der Waals surface area contributed by atoms with Gasteiger partial charge in [-0.25, -0.2) is 0 Å². The molecule has 0 heterocycles. The molecule has 0 saturated carbocycles. The van der Waals surface area contributed by atoms with E-state index in [1.165, 1.54) is 17.8 Å². The fourth-order valence-electron chi connectivity index (χ4n) is 2.22. The average Bonchev–Trinajstić information content (AvgIpc) is 2.57. The largest absolute Gasteiger partial charge is 0.383 e. The number of amides is 1. The van der Waals surface area contributed by atoms with Crippen LogP contribution in [0.25, 0.3) is 0 Å². The van der Waals surface area contributed by atoms with Crippen molar-refractivity contribution in [1.29, 1.82) is 0 Å². The molecule has 0 aromatic heterocycles. The molecule has 2 aromatic rings. The normalized spacial score (nSPS) is 11.8. The van der Waals surface area contributed by atoms with Gasteiger partial charge in [0.1, 0.15) is 0 Å².